The Morgan fingerprint density at radius 3 is 2.52 bits per heavy atom. The number of halogens is 1. The Hall–Kier alpha value is -1.07. The molecule has 0 aromatic heterocycles. The molecular formula is C16H25BrN2O2. The number of aromatic hydroxyl groups is 1. The zero-order valence-corrected chi connectivity index (χ0v) is 14.6. The molecule has 118 valence electrons. The fourth-order valence-electron chi connectivity index (χ4n) is 2.75. The summed E-state index contributed by atoms with van der Waals surface area (Å²) in [7, 11) is 0. The lowest BCUT2D eigenvalue weighted by atomic mass is 10.0. The Balaban J connectivity index is 0.00000220. The Labute approximate surface area is 137 Å². The van der Waals surface area contributed by atoms with Crippen LogP contribution in [-0.2, 0) is 11.2 Å². The first-order valence-electron chi connectivity index (χ1n) is 7.27. The maximum atomic E-state index is 11.1. The summed E-state index contributed by atoms with van der Waals surface area (Å²) in [4.78, 5) is 13.6. The number of amides is 1. The Kier molecular flexibility index (Phi) is 6.68. The van der Waals surface area contributed by atoms with Crippen molar-refractivity contribution in [3.8, 4) is 5.75 Å². The van der Waals surface area contributed by atoms with Gasteiger partial charge in [-0.05, 0) is 36.0 Å². The third-order valence-electron chi connectivity index (χ3n) is 4.15. The SMILES string of the molecule is Br.CC(=O)Nc1cc(CCN2CC(C)C(C)C2)ccc1O. The van der Waals surface area contributed by atoms with Crippen molar-refractivity contribution in [2.45, 2.75) is 27.2 Å². The van der Waals surface area contributed by atoms with Crippen LogP contribution in [0.25, 0.3) is 0 Å². The van der Waals surface area contributed by atoms with Crippen LogP contribution in [0.2, 0.25) is 0 Å². The summed E-state index contributed by atoms with van der Waals surface area (Å²) in [5.74, 6) is 1.49. The van der Waals surface area contributed by atoms with E-state index in [0.717, 1.165) is 43.5 Å². The van der Waals surface area contributed by atoms with Crippen LogP contribution in [0.1, 0.15) is 26.3 Å². The van der Waals surface area contributed by atoms with E-state index in [0.29, 0.717) is 5.69 Å². The molecule has 1 aromatic carbocycles. The standard InChI is InChI=1S/C16H24N2O2.BrH/c1-11-9-18(10-12(11)2)7-6-14-4-5-16(20)15(8-14)17-13(3)19;/h4-5,8,11-12,20H,6-7,9-10H2,1-3H3,(H,17,19);1H. The van der Waals surface area contributed by atoms with Gasteiger partial charge in [0.05, 0.1) is 5.69 Å². The predicted molar refractivity (Wildman–Crippen MR) is 91.2 cm³/mol. The maximum absolute atomic E-state index is 11.1. The molecule has 0 radical (unpaired) electrons. The monoisotopic (exact) mass is 356 g/mol. The van der Waals surface area contributed by atoms with Gasteiger partial charge in [-0.15, -0.1) is 17.0 Å². The number of carbonyl (C=O) groups is 1. The molecular weight excluding hydrogens is 332 g/mol. The van der Waals surface area contributed by atoms with Crippen molar-refractivity contribution in [3.63, 3.8) is 0 Å². The van der Waals surface area contributed by atoms with Gasteiger partial charge in [0.25, 0.3) is 0 Å². The summed E-state index contributed by atoms with van der Waals surface area (Å²) in [6.45, 7) is 9.41. The van der Waals surface area contributed by atoms with E-state index in [1.54, 1.807) is 6.07 Å². The van der Waals surface area contributed by atoms with Crippen LogP contribution >= 0.6 is 17.0 Å². The molecule has 0 aliphatic carbocycles. The summed E-state index contributed by atoms with van der Waals surface area (Å²) >= 11 is 0. The summed E-state index contributed by atoms with van der Waals surface area (Å²) in [6, 6.07) is 5.43. The second-order valence-corrected chi connectivity index (χ2v) is 6.00. The summed E-state index contributed by atoms with van der Waals surface area (Å²) < 4.78 is 0. The molecule has 21 heavy (non-hydrogen) atoms. The molecule has 2 atom stereocenters. The lowest BCUT2D eigenvalue weighted by Gasteiger charge is -2.16. The number of nitrogens with zero attached hydrogens (tertiary/aromatic N) is 1. The molecule has 0 bridgehead atoms. The molecule has 4 nitrogen and oxygen atoms in total. The van der Waals surface area contributed by atoms with E-state index in [-0.39, 0.29) is 28.6 Å². The average Bonchev–Trinajstić information content (AvgIpc) is 2.69. The molecule has 1 amide bonds. The largest absolute Gasteiger partial charge is 0.506 e. The second kappa shape index (κ2) is 7.80. The highest BCUT2D eigenvalue weighted by molar-refractivity contribution is 8.93. The molecule has 1 aliphatic rings. The van der Waals surface area contributed by atoms with E-state index in [1.165, 1.54) is 6.92 Å². The summed E-state index contributed by atoms with van der Waals surface area (Å²) in [5.41, 5.74) is 1.64. The lowest BCUT2D eigenvalue weighted by molar-refractivity contribution is -0.114. The van der Waals surface area contributed by atoms with Gasteiger partial charge in [0, 0.05) is 26.6 Å². The number of phenols is 1. The molecule has 2 unspecified atom stereocenters. The highest BCUT2D eigenvalue weighted by Crippen LogP contribution is 2.26. The first-order valence-corrected chi connectivity index (χ1v) is 7.27. The first kappa shape index (κ1) is 18.0. The molecule has 0 spiro atoms. The fourth-order valence-corrected chi connectivity index (χ4v) is 2.75. The topological polar surface area (TPSA) is 52.6 Å². The highest BCUT2D eigenvalue weighted by Gasteiger charge is 2.25. The van der Waals surface area contributed by atoms with E-state index in [9.17, 15) is 9.90 Å². The number of anilines is 1. The van der Waals surface area contributed by atoms with E-state index in [1.807, 2.05) is 12.1 Å². The summed E-state index contributed by atoms with van der Waals surface area (Å²) in [6.07, 6.45) is 0.937. The third kappa shape index (κ3) is 5.00. The van der Waals surface area contributed by atoms with Crippen molar-refractivity contribution in [2.75, 3.05) is 25.0 Å². The molecule has 2 N–H and O–H groups in total. The Morgan fingerprint density at radius 2 is 1.95 bits per heavy atom. The normalized spacial score (nSPS) is 21.9. The van der Waals surface area contributed by atoms with Crippen molar-refractivity contribution < 1.29 is 9.90 Å². The number of benzene rings is 1. The van der Waals surface area contributed by atoms with Crippen molar-refractivity contribution in [2.24, 2.45) is 11.8 Å². The van der Waals surface area contributed by atoms with Crippen molar-refractivity contribution in [3.05, 3.63) is 23.8 Å². The van der Waals surface area contributed by atoms with Gasteiger partial charge in [-0.1, -0.05) is 19.9 Å². The van der Waals surface area contributed by atoms with Gasteiger partial charge < -0.3 is 15.3 Å². The number of likely N-dealkylation sites (tertiary alicyclic amines) is 1. The van der Waals surface area contributed by atoms with Gasteiger partial charge in [0.1, 0.15) is 5.75 Å². The highest BCUT2D eigenvalue weighted by atomic mass is 79.9. The minimum Gasteiger partial charge on any atom is -0.506 e. The Morgan fingerprint density at radius 1 is 1.33 bits per heavy atom. The number of carbonyl (C=O) groups excluding carboxylic acids is 1. The number of nitrogens with one attached hydrogen (secondary N) is 1. The number of hydrogen-bond donors (Lipinski definition) is 2. The van der Waals surface area contributed by atoms with E-state index in [2.05, 4.69) is 24.1 Å². The van der Waals surface area contributed by atoms with Gasteiger partial charge in [0.15, 0.2) is 0 Å². The summed E-state index contributed by atoms with van der Waals surface area (Å²) in [5, 5.41) is 12.4. The van der Waals surface area contributed by atoms with Gasteiger partial charge in [-0.2, -0.15) is 0 Å². The van der Waals surface area contributed by atoms with Gasteiger partial charge in [-0.25, -0.2) is 0 Å². The zero-order valence-electron chi connectivity index (χ0n) is 12.9. The minimum atomic E-state index is -0.167. The van der Waals surface area contributed by atoms with Gasteiger partial charge >= 0.3 is 0 Å². The molecule has 1 saturated heterocycles. The van der Waals surface area contributed by atoms with Gasteiger partial charge in [0.2, 0.25) is 5.91 Å². The molecule has 1 aliphatic heterocycles. The average molecular weight is 357 g/mol. The third-order valence-corrected chi connectivity index (χ3v) is 4.15. The van der Waals surface area contributed by atoms with Crippen LogP contribution < -0.4 is 5.32 Å². The van der Waals surface area contributed by atoms with Crippen LogP contribution in [0.4, 0.5) is 5.69 Å². The quantitative estimate of drug-likeness (QED) is 0.815. The molecule has 1 heterocycles. The van der Waals surface area contributed by atoms with E-state index in [4.69, 9.17) is 0 Å². The van der Waals surface area contributed by atoms with Crippen LogP contribution in [0.15, 0.2) is 18.2 Å². The molecule has 5 heteroatoms. The van der Waals surface area contributed by atoms with Crippen molar-refractivity contribution >= 4 is 28.6 Å². The predicted octanol–water partition coefficient (Wildman–Crippen LogP) is 3.06. The number of rotatable bonds is 4. The molecule has 2 rings (SSSR count). The Bertz CT molecular complexity index is 483. The van der Waals surface area contributed by atoms with Crippen LogP contribution in [-0.4, -0.2) is 35.5 Å². The number of phenolic OH excluding ortho intramolecular Hbond substituents is 1. The van der Waals surface area contributed by atoms with Crippen molar-refractivity contribution in [1.29, 1.82) is 0 Å². The second-order valence-electron chi connectivity index (χ2n) is 6.00. The molecule has 0 saturated carbocycles. The fraction of sp³-hybridized carbons (Fsp3) is 0.562. The maximum Gasteiger partial charge on any atom is 0.221 e. The number of hydrogen-bond acceptors (Lipinski definition) is 3. The lowest BCUT2D eigenvalue weighted by Crippen LogP contribution is -2.23. The smallest absolute Gasteiger partial charge is 0.221 e. The zero-order chi connectivity index (χ0) is 14.7. The molecule has 1 aromatic rings. The minimum absolute atomic E-state index is 0. The van der Waals surface area contributed by atoms with Crippen LogP contribution in [0.3, 0.4) is 0 Å². The van der Waals surface area contributed by atoms with E-state index >= 15 is 0 Å². The first-order chi connectivity index (χ1) is 9.45. The van der Waals surface area contributed by atoms with E-state index < -0.39 is 0 Å². The van der Waals surface area contributed by atoms with Gasteiger partial charge in [-0.3, -0.25) is 4.79 Å². The van der Waals surface area contributed by atoms with Crippen LogP contribution in [0, 0.1) is 11.8 Å². The van der Waals surface area contributed by atoms with Crippen molar-refractivity contribution in [1.82, 2.24) is 4.90 Å². The van der Waals surface area contributed by atoms with Crippen LogP contribution in [0.5, 0.6) is 5.75 Å². The molecule has 1 fully saturated rings.